The van der Waals surface area contributed by atoms with Crippen molar-refractivity contribution in [2.24, 2.45) is 0 Å². The quantitative estimate of drug-likeness (QED) is 0.730. The van der Waals surface area contributed by atoms with Crippen LogP contribution in [0.2, 0.25) is 0 Å². The van der Waals surface area contributed by atoms with Crippen LogP contribution in [0.25, 0.3) is 0 Å². The highest BCUT2D eigenvalue weighted by Gasteiger charge is 2.29. The van der Waals surface area contributed by atoms with Gasteiger partial charge < -0.3 is 10.2 Å². The number of aryl methyl sites for hydroxylation is 1. The number of piperazine rings is 1. The zero-order chi connectivity index (χ0) is 11.5. The van der Waals surface area contributed by atoms with Crippen LogP contribution in [0.5, 0.6) is 0 Å². The van der Waals surface area contributed by atoms with Gasteiger partial charge >= 0.3 is 0 Å². The molecule has 1 saturated heterocycles. The number of nitrogens with one attached hydrogen (secondary N) is 1. The van der Waals surface area contributed by atoms with E-state index in [0.717, 1.165) is 18.1 Å². The lowest BCUT2D eigenvalue weighted by Crippen LogP contribution is -2.52. The van der Waals surface area contributed by atoms with Crippen molar-refractivity contribution in [3.05, 3.63) is 10.6 Å². The molecule has 16 heavy (non-hydrogen) atoms. The first-order valence-electron chi connectivity index (χ1n) is 4.94. The highest BCUT2D eigenvalue weighted by Crippen LogP contribution is 2.15. The number of carbonyl (C=O) groups is 1. The van der Waals surface area contributed by atoms with Crippen LogP contribution in [-0.4, -0.2) is 46.1 Å². The van der Waals surface area contributed by atoms with Crippen molar-refractivity contribution in [3.8, 4) is 6.07 Å². The lowest BCUT2D eigenvalue weighted by Gasteiger charge is -2.31. The Morgan fingerprint density at radius 3 is 3.19 bits per heavy atom. The summed E-state index contributed by atoms with van der Waals surface area (Å²) in [6.07, 6.45) is 0. The van der Waals surface area contributed by atoms with E-state index in [-0.39, 0.29) is 5.91 Å². The summed E-state index contributed by atoms with van der Waals surface area (Å²) in [5, 5.41) is 15.9. The zero-order valence-corrected chi connectivity index (χ0v) is 9.62. The SMILES string of the molecule is Cc1nnsc1C(=O)N1CCNCC1C#N. The highest BCUT2D eigenvalue weighted by molar-refractivity contribution is 7.07. The van der Waals surface area contributed by atoms with Gasteiger partial charge in [-0.25, -0.2) is 0 Å². The molecule has 1 fully saturated rings. The Hall–Kier alpha value is -1.52. The van der Waals surface area contributed by atoms with Crippen LogP contribution in [0.15, 0.2) is 0 Å². The minimum absolute atomic E-state index is 0.138. The molecule has 2 heterocycles. The van der Waals surface area contributed by atoms with Gasteiger partial charge in [0.2, 0.25) is 0 Å². The predicted octanol–water partition coefficient (Wildman–Crippen LogP) is -0.216. The fourth-order valence-corrected chi connectivity index (χ4v) is 2.23. The Kier molecular flexibility index (Phi) is 3.12. The molecular formula is C9H11N5OS. The summed E-state index contributed by atoms with van der Waals surface area (Å²) in [7, 11) is 0. The standard InChI is InChI=1S/C9H11N5OS/c1-6-8(16-13-12-6)9(15)14-3-2-11-5-7(14)4-10/h7,11H,2-3,5H2,1H3. The average Bonchev–Trinajstić information content (AvgIpc) is 2.74. The predicted molar refractivity (Wildman–Crippen MR) is 58.0 cm³/mol. The molecule has 84 valence electrons. The van der Waals surface area contributed by atoms with Crippen molar-refractivity contribution in [3.63, 3.8) is 0 Å². The molecule has 0 bridgehead atoms. The minimum atomic E-state index is -0.400. The van der Waals surface area contributed by atoms with Gasteiger partial charge in [-0.3, -0.25) is 4.79 Å². The third-order valence-corrected chi connectivity index (χ3v) is 3.31. The molecule has 0 radical (unpaired) electrons. The fraction of sp³-hybridized carbons (Fsp3) is 0.556. The van der Waals surface area contributed by atoms with Gasteiger partial charge in [-0.05, 0) is 18.5 Å². The van der Waals surface area contributed by atoms with Gasteiger partial charge in [0.1, 0.15) is 10.9 Å². The van der Waals surface area contributed by atoms with Crippen molar-refractivity contribution in [1.82, 2.24) is 19.8 Å². The van der Waals surface area contributed by atoms with Crippen LogP contribution in [0.1, 0.15) is 15.4 Å². The molecule has 1 atom stereocenters. The molecule has 0 saturated carbocycles. The summed E-state index contributed by atoms with van der Waals surface area (Å²) in [6.45, 7) is 3.54. The third kappa shape index (κ3) is 1.89. The molecule has 1 amide bonds. The Balaban J connectivity index is 2.21. The monoisotopic (exact) mass is 237 g/mol. The van der Waals surface area contributed by atoms with Crippen molar-refractivity contribution >= 4 is 17.4 Å². The Bertz CT molecular complexity index is 437. The number of hydrogen-bond acceptors (Lipinski definition) is 6. The molecule has 6 nitrogen and oxygen atoms in total. The van der Waals surface area contributed by atoms with Gasteiger partial charge in [-0.2, -0.15) is 5.26 Å². The van der Waals surface area contributed by atoms with Crippen LogP contribution >= 0.6 is 11.5 Å². The molecule has 1 aromatic rings. The van der Waals surface area contributed by atoms with Gasteiger partial charge in [0.25, 0.3) is 5.91 Å². The number of nitrogens with zero attached hydrogens (tertiary/aromatic N) is 4. The largest absolute Gasteiger partial charge is 0.319 e. The van der Waals surface area contributed by atoms with E-state index in [0.29, 0.717) is 23.7 Å². The summed E-state index contributed by atoms with van der Waals surface area (Å²) >= 11 is 1.08. The second kappa shape index (κ2) is 4.55. The molecule has 1 aliphatic heterocycles. The van der Waals surface area contributed by atoms with Gasteiger partial charge in [0.15, 0.2) is 0 Å². The van der Waals surface area contributed by atoms with E-state index < -0.39 is 6.04 Å². The van der Waals surface area contributed by atoms with E-state index in [9.17, 15) is 4.79 Å². The number of amides is 1. The van der Waals surface area contributed by atoms with Crippen LogP contribution < -0.4 is 5.32 Å². The summed E-state index contributed by atoms with van der Waals surface area (Å²) in [6, 6.07) is 1.72. The van der Waals surface area contributed by atoms with Crippen LogP contribution in [-0.2, 0) is 0 Å². The third-order valence-electron chi connectivity index (χ3n) is 2.50. The molecule has 2 rings (SSSR count). The maximum absolute atomic E-state index is 12.1. The van der Waals surface area contributed by atoms with Gasteiger partial charge in [0, 0.05) is 19.6 Å². The molecule has 7 heteroatoms. The fourth-order valence-electron chi connectivity index (χ4n) is 1.62. The normalized spacial score (nSPS) is 20.5. The van der Waals surface area contributed by atoms with E-state index in [2.05, 4.69) is 21.0 Å². The molecular weight excluding hydrogens is 226 g/mol. The highest BCUT2D eigenvalue weighted by atomic mass is 32.1. The average molecular weight is 237 g/mol. The lowest BCUT2D eigenvalue weighted by molar-refractivity contribution is 0.0691. The summed E-state index contributed by atoms with van der Waals surface area (Å²) in [4.78, 5) is 14.2. The van der Waals surface area contributed by atoms with E-state index >= 15 is 0 Å². The second-order valence-electron chi connectivity index (χ2n) is 3.54. The van der Waals surface area contributed by atoms with E-state index in [4.69, 9.17) is 5.26 Å². The Labute approximate surface area is 97.0 Å². The van der Waals surface area contributed by atoms with Crippen molar-refractivity contribution in [2.75, 3.05) is 19.6 Å². The first-order valence-corrected chi connectivity index (χ1v) is 5.71. The molecule has 1 aromatic heterocycles. The summed E-state index contributed by atoms with van der Waals surface area (Å²) < 4.78 is 3.73. The molecule has 0 aliphatic carbocycles. The molecule has 1 unspecified atom stereocenters. The van der Waals surface area contributed by atoms with Gasteiger partial charge in [-0.1, -0.05) is 4.49 Å². The van der Waals surface area contributed by atoms with Gasteiger partial charge in [-0.15, -0.1) is 5.10 Å². The van der Waals surface area contributed by atoms with Gasteiger partial charge in [0.05, 0.1) is 11.8 Å². The molecule has 0 aromatic carbocycles. The van der Waals surface area contributed by atoms with Crippen LogP contribution in [0, 0.1) is 18.3 Å². The zero-order valence-electron chi connectivity index (χ0n) is 8.80. The number of carbonyl (C=O) groups excluding carboxylic acids is 1. The van der Waals surface area contributed by atoms with Crippen LogP contribution in [0.3, 0.4) is 0 Å². The molecule has 1 N–H and O–H groups in total. The Morgan fingerprint density at radius 2 is 2.56 bits per heavy atom. The number of aromatic nitrogens is 2. The summed E-state index contributed by atoms with van der Waals surface area (Å²) in [5.74, 6) is -0.138. The first-order chi connectivity index (χ1) is 7.74. The van der Waals surface area contributed by atoms with E-state index in [1.54, 1.807) is 11.8 Å². The molecule has 0 spiro atoms. The topological polar surface area (TPSA) is 81.9 Å². The molecule has 1 aliphatic rings. The van der Waals surface area contributed by atoms with Crippen LogP contribution in [0.4, 0.5) is 0 Å². The van der Waals surface area contributed by atoms with E-state index in [1.807, 2.05) is 0 Å². The van der Waals surface area contributed by atoms with Crippen molar-refractivity contribution < 1.29 is 4.79 Å². The number of hydrogen-bond donors (Lipinski definition) is 1. The Morgan fingerprint density at radius 1 is 1.75 bits per heavy atom. The maximum atomic E-state index is 12.1. The number of nitriles is 1. The van der Waals surface area contributed by atoms with Crippen molar-refractivity contribution in [2.45, 2.75) is 13.0 Å². The van der Waals surface area contributed by atoms with E-state index in [1.165, 1.54) is 0 Å². The summed E-state index contributed by atoms with van der Waals surface area (Å²) in [5.41, 5.74) is 0.630. The minimum Gasteiger partial charge on any atom is -0.319 e. The lowest BCUT2D eigenvalue weighted by atomic mass is 10.2. The maximum Gasteiger partial charge on any atom is 0.268 e. The smallest absolute Gasteiger partial charge is 0.268 e. The number of rotatable bonds is 1. The second-order valence-corrected chi connectivity index (χ2v) is 4.29. The van der Waals surface area contributed by atoms with Crippen molar-refractivity contribution in [1.29, 1.82) is 5.26 Å². The first kappa shape index (κ1) is 11.0.